The van der Waals surface area contributed by atoms with E-state index >= 15 is 0 Å². The van der Waals surface area contributed by atoms with Gasteiger partial charge in [-0.2, -0.15) is 0 Å². The van der Waals surface area contributed by atoms with Crippen molar-refractivity contribution in [1.82, 2.24) is 20.5 Å². The van der Waals surface area contributed by atoms with Crippen LogP contribution >= 0.6 is 0 Å². The molecule has 0 aliphatic carbocycles. The third-order valence-corrected chi connectivity index (χ3v) is 2.15. The lowest BCUT2D eigenvalue weighted by Gasteiger charge is -2.12. The first-order chi connectivity index (χ1) is 8.52. The van der Waals surface area contributed by atoms with Crippen molar-refractivity contribution in [2.24, 2.45) is 0 Å². The highest BCUT2D eigenvalue weighted by molar-refractivity contribution is 5.96. The minimum absolute atomic E-state index is 0.191. The maximum Gasteiger partial charge on any atom is 0.316 e. The number of amides is 3. The summed E-state index contributed by atoms with van der Waals surface area (Å²) in [5, 5.41) is 5.24. The molecule has 0 saturated heterocycles. The number of carbonyl (C=O) groups excluding carboxylic acids is 2. The fourth-order valence-corrected chi connectivity index (χ4v) is 1.19. The summed E-state index contributed by atoms with van der Waals surface area (Å²) in [5.41, 5.74) is 6.13. The summed E-state index contributed by atoms with van der Waals surface area (Å²) in [6, 6.07) is 3.06. The molecule has 0 aromatic carbocycles. The Morgan fingerprint density at radius 2 is 2.00 bits per heavy atom. The third-order valence-electron chi connectivity index (χ3n) is 2.15. The molecule has 1 heterocycles. The van der Waals surface area contributed by atoms with Crippen molar-refractivity contribution in [1.29, 1.82) is 0 Å². The van der Waals surface area contributed by atoms with Crippen molar-refractivity contribution in [3.63, 3.8) is 0 Å². The molecule has 98 valence electrons. The quantitative estimate of drug-likeness (QED) is 0.637. The number of nitrogen functional groups attached to an aromatic ring is 1. The molecule has 0 aliphatic rings. The highest BCUT2D eigenvalue weighted by Crippen LogP contribution is 2.05. The lowest BCUT2D eigenvalue weighted by atomic mass is 10.3. The molecule has 7 heteroatoms. The van der Waals surface area contributed by atoms with Crippen LogP contribution in [0.25, 0.3) is 0 Å². The van der Waals surface area contributed by atoms with Gasteiger partial charge in [0, 0.05) is 33.4 Å². The monoisotopic (exact) mass is 251 g/mol. The van der Waals surface area contributed by atoms with Gasteiger partial charge in [-0.1, -0.05) is 0 Å². The van der Waals surface area contributed by atoms with Crippen LogP contribution in [0.5, 0.6) is 0 Å². The van der Waals surface area contributed by atoms with E-state index in [1.54, 1.807) is 26.2 Å². The summed E-state index contributed by atoms with van der Waals surface area (Å²) >= 11 is 0. The summed E-state index contributed by atoms with van der Waals surface area (Å²) in [5.74, 6) is -0.354. The zero-order valence-corrected chi connectivity index (χ0v) is 10.4. The molecule has 0 atom stereocenters. The molecular formula is C11H17N5O2. The lowest BCUT2D eigenvalue weighted by Crippen LogP contribution is -2.39. The molecule has 4 N–H and O–H groups in total. The van der Waals surface area contributed by atoms with Gasteiger partial charge in [0.25, 0.3) is 5.91 Å². The van der Waals surface area contributed by atoms with Crippen LogP contribution in [0.4, 0.5) is 10.5 Å². The molecule has 0 radical (unpaired) electrons. The number of hydrogen-bond donors (Lipinski definition) is 3. The second-order valence-corrected chi connectivity index (χ2v) is 3.82. The highest BCUT2D eigenvalue weighted by atomic mass is 16.2. The minimum atomic E-state index is -0.354. The first-order valence-corrected chi connectivity index (χ1v) is 5.46. The Morgan fingerprint density at radius 3 is 2.61 bits per heavy atom. The topological polar surface area (TPSA) is 100 Å². The maximum absolute atomic E-state index is 11.7. The van der Waals surface area contributed by atoms with E-state index in [0.29, 0.717) is 18.8 Å². The highest BCUT2D eigenvalue weighted by Gasteiger charge is 2.09. The van der Waals surface area contributed by atoms with Crippen LogP contribution in [-0.2, 0) is 0 Å². The second-order valence-electron chi connectivity index (χ2n) is 3.82. The van der Waals surface area contributed by atoms with Crippen molar-refractivity contribution in [2.45, 2.75) is 0 Å². The van der Waals surface area contributed by atoms with Crippen molar-refractivity contribution >= 4 is 17.6 Å². The van der Waals surface area contributed by atoms with Gasteiger partial charge in [0.05, 0.1) is 5.69 Å². The van der Waals surface area contributed by atoms with Crippen LogP contribution in [0, 0.1) is 0 Å². The summed E-state index contributed by atoms with van der Waals surface area (Å²) in [7, 11) is 3.28. The Hall–Kier alpha value is -2.31. The number of nitrogens with two attached hydrogens (primary N) is 1. The number of nitrogens with zero attached hydrogens (tertiary/aromatic N) is 2. The molecular weight excluding hydrogens is 234 g/mol. The smallest absolute Gasteiger partial charge is 0.316 e. The minimum Gasteiger partial charge on any atom is -0.397 e. The Balaban J connectivity index is 2.35. The van der Waals surface area contributed by atoms with E-state index < -0.39 is 0 Å². The second kappa shape index (κ2) is 6.43. The number of nitrogens with one attached hydrogen (secondary N) is 2. The number of hydrogen-bond acceptors (Lipinski definition) is 4. The van der Waals surface area contributed by atoms with Gasteiger partial charge in [-0.3, -0.25) is 4.79 Å². The Labute approximate surface area is 105 Å². The molecule has 1 rings (SSSR count). The molecule has 1 aromatic heterocycles. The van der Waals surface area contributed by atoms with E-state index in [2.05, 4.69) is 15.6 Å². The van der Waals surface area contributed by atoms with Crippen LogP contribution in [0.1, 0.15) is 10.5 Å². The summed E-state index contributed by atoms with van der Waals surface area (Å²) < 4.78 is 0. The van der Waals surface area contributed by atoms with E-state index in [1.165, 1.54) is 11.1 Å². The molecule has 3 amide bonds. The van der Waals surface area contributed by atoms with E-state index in [1.807, 2.05) is 0 Å². The van der Waals surface area contributed by atoms with E-state index in [4.69, 9.17) is 5.73 Å². The van der Waals surface area contributed by atoms with Crippen molar-refractivity contribution in [3.8, 4) is 0 Å². The fraction of sp³-hybridized carbons (Fsp3) is 0.364. The van der Waals surface area contributed by atoms with Gasteiger partial charge in [0.15, 0.2) is 5.69 Å². The summed E-state index contributed by atoms with van der Waals surface area (Å²) in [6.45, 7) is 0.657. The normalized spacial score (nSPS) is 9.67. The van der Waals surface area contributed by atoms with Crippen LogP contribution in [0.15, 0.2) is 18.3 Å². The largest absolute Gasteiger partial charge is 0.397 e. The van der Waals surface area contributed by atoms with Gasteiger partial charge in [0.2, 0.25) is 0 Å². The number of aromatic nitrogens is 1. The van der Waals surface area contributed by atoms with Crippen LogP contribution in [-0.4, -0.2) is 49.0 Å². The molecule has 0 spiro atoms. The zero-order valence-electron chi connectivity index (χ0n) is 10.4. The molecule has 0 saturated carbocycles. The molecule has 18 heavy (non-hydrogen) atoms. The third kappa shape index (κ3) is 3.93. The van der Waals surface area contributed by atoms with Gasteiger partial charge in [-0.05, 0) is 12.1 Å². The Bertz CT molecular complexity index is 433. The molecule has 7 nitrogen and oxygen atoms in total. The molecule has 0 bridgehead atoms. The van der Waals surface area contributed by atoms with Crippen molar-refractivity contribution in [2.75, 3.05) is 32.9 Å². The lowest BCUT2D eigenvalue weighted by molar-refractivity contribution is 0.0949. The van der Waals surface area contributed by atoms with Gasteiger partial charge < -0.3 is 21.3 Å². The number of anilines is 1. The van der Waals surface area contributed by atoms with E-state index in [0.717, 1.165) is 0 Å². The van der Waals surface area contributed by atoms with Gasteiger partial charge in [0.1, 0.15) is 0 Å². The number of rotatable bonds is 4. The molecule has 0 aliphatic heterocycles. The van der Waals surface area contributed by atoms with Crippen LogP contribution in [0.3, 0.4) is 0 Å². The van der Waals surface area contributed by atoms with Crippen molar-refractivity contribution < 1.29 is 9.59 Å². The maximum atomic E-state index is 11.7. The predicted octanol–water partition coefficient (Wildman–Crippen LogP) is -0.335. The molecule has 0 fully saturated rings. The van der Waals surface area contributed by atoms with Crippen LogP contribution < -0.4 is 16.4 Å². The predicted molar refractivity (Wildman–Crippen MR) is 68.1 cm³/mol. The zero-order chi connectivity index (χ0) is 13.5. The van der Waals surface area contributed by atoms with Crippen LogP contribution in [0.2, 0.25) is 0 Å². The van der Waals surface area contributed by atoms with Gasteiger partial charge >= 0.3 is 6.03 Å². The number of pyridine rings is 1. The Morgan fingerprint density at radius 1 is 1.33 bits per heavy atom. The number of urea groups is 1. The van der Waals surface area contributed by atoms with Gasteiger partial charge in [-0.25, -0.2) is 9.78 Å². The average molecular weight is 251 g/mol. The summed E-state index contributed by atoms with van der Waals surface area (Å²) in [4.78, 5) is 28.2. The number of carbonyl (C=O) groups is 2. The molecule has 1 aromatic rings. The fourth-order valence-electron chi connectivity index (χ4n) is 1.19. The molecule has 0 unspecified atom stereocenters. The average Bonchev–Trinajstić information content (AvgIpc) is 2.34. The standard InChI is InChI=1S/C11H17N5O2/c1-16(2)11(18)15-7-6-14-10(17)9-8(12)4-3-5-13-9/h3-5H,6-7,12H2,1-2H3,(H,14,17)(H,15,18). The summed E-state index contributed by atoms with van der Waals surface area (Å²) in [6.07, 6.45) is 1.50. The van der Waals surface area contributed by atoms with E-state index in [9.17, 15) is 9.59 Å². The SMILES string of the molecule is CN(C)C(=O)NCCNC(=O)c1ncccc1N. The first-order valence-electron chi connectivity index (χ1n) is 5.46. The van der Waals surface area contributed by atoms with Crippen molar-refractivity contribution in [3.05, 3.63) is 24.0 Å². The first kappa shape index (κ1) is 13.8. The van der Waals surface area contributed by atoms with E-state index in [-0.39, 0.29) is 17.6 Å². The van der Waals surface area contributed by atoms with Gasteiger partial charge in [-0.15, -0.1) is 0 Å². The Kier molecular flexibility index (Phi) is 4.91.